The number of carbonyl (C=O) groups is 1. The molecule has 1 aromatic heterocycles. The zero-order chi connectivity index (χ0) is 13.5. The zero-order valence-electron chi connectivity index (χ0n) is 11.1. The number of aromatic nitrogens is 1. The van der Waals surface area contributed by atoms with Crippen LogP contribution >= 0.6 is 11.3 Å². The Morgan fingerprint density at radius 2 is 2.16 bits per heavy atom. The molecule has 1 heterocycles. The maximum absolute atomic E-state index is 11.5. The highest BCUT2D eigenvalue weighted by Crippen LogP contribution is 2.22. The molecule has 0 saturated heterocycles. The van der Waals surface area contributed by atoms with Gasteiger partial charge in [0.1, 0.15) is 0 Å². The number of hydrogen-bond acceptors (Lipinski definition) is 4. The van der Waals surface area contributed by atoms with E-state index in [0.717, 1.165) is 29.9 Å². The number of fused-ring (bicyclic) bond motifs is 1. The van der Waals surface area contributed by atoms with Crippen LogP contribution in [0.1, 0.15) is 17.8 Å². The third-order valence-corrected chi connectivity index (χ3v) is 3.93. The summed E-state index contributed by atoms with van der Waals surface area (Å²) in [4.78, 5) is 16.1. The molecular weight excluding hydrogens is 258 g/mol. The molecule has 4 nitrogen and oxygen atoms in total. The molecule has 19 heavy (non-hydrogen) atoms. The van der Waals surface area contributed by atoms with Gasteiger partial charge in [0.2, 0.25) is 5.91 Å². The quantitative estimate of drug-likeness (QED) is 0.761. The molecule has 2 aromatic rings. The monoisotopic (exact) mass is 277 g/mol. The van der Waals surface area contributed by atoms with Crippen LogP contribution in [-0.2, 0) is 11.2 Å². The van der Waals surface area contributed by atoms with E-state index in [1.165, 1.54) is 4.70 Å². The first-order valence-electron chi connectivity index (χ1n) is 6.55. The molecule has 0 bridgehead atoms. The lowest BCUT2D eigenvalue weighted by Gasteiger charge is -2.03. The molecule has 0 spiro atoms. The van der Waals surface area contributed by atoms with Gasteiger partial charge in [-0.3, -0.25) is 4.79 Å². The summed E-state index contributed by atoms with van der Waals surface area (Å²) in [5, 5.41) is 6.99. The van der Waals surface area contributed by atoms with Crippen LogP contribution in [-0.4, -0.2) is 31.0 Å². The second kappa shape index (κ2) is 7.21. The summed E-state index contributed by atoms with van der Waals surface area (Å²) in [5.74, 6) is 0.122. The minimum atomic E-state index is 0.122. The summed E-state index contributed by atoms with van der Waals surface area (Å²) >= 11 is 1.72. The maximum atomic E-state index is 11.5. The van der Waals surface area contributed by atoms with E-state index >= 15 is 0 Å². The molecule has 0 aliphatic heterocycles. The third kappa shape index (κ3) is 4.29. The van der Waals surface area contributed by atoms with Crippen LogP contribution in [0, 0.1) is 0 Å². The van der Waals surface area contributed by atoms with E-state index in [-0.39, 0.29) is 5.91 Å². The molecule has 0 atom stereocenters. The van der Waals surface area contributed by atoms with Gasteiger partial charge in [-0.05, 0) is 32.0 Å². The second-order valence-corrected chi connectivity index (χ2v) is 5.50. The van der Waals surface area contributed by atoms with E-state index in [2.05, 4.69) is 21.7 Å². The maximum Gasteiger partial charge on any atom is 0.220 e. The Bertz CT molecular complexity index is 505. The predicted octanol–water partition coefficient (Wildman–Crippen LogP) is 1.95. The van der Waals surface area contributed by atoms with Gasteiger partial charge in [-0.25, -0.2) is 4.98 Å². The van der Waals surface area contributed by atoms with E-state index in [1.54, 1.807) is 11.3 Å². The molecule has 0 unspecified atom stereocenters. The topological polar surface area (TPSA) is 54.0 Å². The van der Waals surface area contributed by atoms with E-state index < -0.39 is 0 Å². The lowest BCUT2D eigenvalue weighted by atomic mass is 10.2. The first-order chi connectivity index (χ1) is 9.29. The van der Waals surface area contributed by atoms with Crippen LogP contribution in [0.3, 0.4) is 0 Å². The van der Waals surface area contributed by atoms with Crippen LogP contribution in [0.2, 0.25) is 0 Å². The van der Waals surface area contributed by atoms with Crippen molar-refractivity contribution in [3.63, 3.8) is 0 Å². The number of carbonyl (C=O) groups excluding carboxylic acids is 1. The predicted molar refractivity (Wildman–Crippen MR) is 79.5 cm³/mol. The number of nitrogens with one attached hydrogen (secondary N) is 2. The Kier molecular flexibility index (Phi) is 5.30. The van der Waals surface area contributed by atoms with Gasteiger partial charge in [0.05, 0.1) is 15.2 Å². The van der Waals surface area contributed by atoms with Crippen LogP contribution < -0.4 is 10.6 Å². The van der Waals surface area contributed by atoms with Crippen molar-refractivity contribution in [3.05, 3.63) is 29.3 Å². The van der Waals surface area contributed by atoms with Crippen molar-refractivity contribution in [2.75, 3.05) is 20.1 Å². The molecule has 0 aliphatic rings. The standard InChI is InChI=1S/C14H19N3OS/c1-15-9-10-16-13(18)7-4-8-14-17-11-5-2-3-6-12(11)19-14/h2-3,5-6,15H,4,7-10H2,1H3,(H,16,18). The zero-order valence-corrected chi connectivity index (χ0v) is 11.9. The molecule has 1 amide bonds. The molecule has 1 aromatic carbocycles. The van der Waals surface area contributed by atoms with Crippen molar-refractivity contribution < 1.29 is 4.79 Å². The number of thiazole rings is 1. The molecule has 2 rings (SSSR count). The summed E-state index contributed by atoms with van der Waals surface area (Å²) in [6, 6.07) is 8.14. The van der Waals surface area contributed by atoms with Crippen molar-refractivity contribution in [2.45, 2.75) is 19.3 Å². The molecule has 0 fully saturated rings. The number of amides is 1. The highest BCUT2D eigenvalue weighted by Gasteiger charge is 2.05. The SMILES string of the molecule is CNCCNC(=O)CCCc1nc2ccccc2s1. The van der Waals surface area contributed by atoms with Gasteiger partial charge < -0.3 is 10.6 Å². The Hall–Kier alpha value is -1.46. The average Bonchev–Trinajstić information content (AvgIpc) is 2.81. The van der Waals surface area contributed by atoms with E-state index in [1.807, 2.05) is 25.2 Å². The summed E-state index contributed by atoms with van der Waals surface area (Å²) in [7, 11) is 1.87. The number of hydrogen-bond donors (Lipinski definition) is 2. The van der Waals surface area contributed by atoms with Crippen molar-refractivity contribution in [1.82, 2.24) is 15.6 Å². The Morgan fingerprint density at radius 3 is 2.95 bits per heavy atom. The highest BCUT2D eigenvalue weighted by molar-refractivity contribution is 7.18. The van der Waals surface area contributed by atoms with Crippen molar-refractivity contribution in [2.24, 2.45) is 0 Å². The summed E-state index contributed by atoms with van der Waals surface area (Å²) in [6.07, 6.45) is 2.30. The van der Waals surface area contributed by atoms with Crippen LogP contribution in [0.5, 0.6) is 0 Å². The fraction of sp³-hybridized carbons (Fsp3) is 0.429. The minimum absolute atomic E-state index is 0.122. The fourth-order valence-corrected chi connectivity index (χ4v) is 2.85. The number of rotatable bonds is 7. The number of para-hydroxylation sites is 1. The van der Waals surface area contributed by atoms with Gasteiger partial charge >= 0.3 is 0 Å². The Labute approximate surface area is 117 Å². The Balaban J connectivity index is 1.74. The first kappa shape index (κ1) is 14.0. The molecule has 2 N–H and O–H groups in total. The van der Waals surface area contributed by atoms with Gasteiger partial charge in [0.15, 0.2) is 0 Å². The second-order valence-electron chi connectivity index (χ2n) is 4.38. The van der Waals surface area contributed by atoms with Crippen LogP contribution in [0.15, 0.2) is 24.3 Å². The molecule has 0 aliphatic carbocycles. The summed E-state index contributed by atoms with van der Waals surface area (Å²) < 4.78 is 1.22. The fourth-order valence-electron chi connectivity index (χ4n) is 1.84. The molecule has 0 saturated carbocycles. The van der Waals surface area contributed by atoms with Crippen molar-refractivity contribution >= 4 is 27.5 Å². The van der Waals surface area contributed by atoms with Gasteiger partial charge in [0.25, 0.3) is 0 Å². The van der Waals surface area contributed by atoms with E-state index in [9.17, 15) is 4.79 Å². The van der Waals surface area contributed by atoms with Gasteiger partial charge in [-0.2, -0.15) is 0 Å². The lowest BCUT2D eigenvalue weighted by Crippen LogP contribution is -2.30. The smallest absolute Gasteiger partial charge is 0.220 e. The average molecular weight is 277 g/mol. The molecule has 102 valence electrons. The van der Waals surface area contributed by atoms with Crippen molar-refractivity contribution in [3.8, 4) is 0 Å². The van der Waals surface area contributed by atoms with Gasteiger partial charge in [0, 0.05) is 19.5 Å². The largest absolute Gasteiger partial charge is 0.355 e. The molecule has 0 radical (unpaired) electrons. The number of aryl methyl sites for hydroxylation is 1. The van der Waals surface area contributed by atoms with Crippen LogP contribution in [0.25, 0.3) is 10.2 Å². The molecule has 5 heteroatoms. The number of nitrogens with zero attached hydrogens (tertiary/aromatic N) is 1. The Morgan fingerprint density at radius 1 is 1.32 bits per heavy atom. The highest BCUT2D eigenvalue weighted by atomic mass is 32.1. The minimum Gasteiger partial charge on any atom is -0.355 e. The number of benzene rings is 1. The normalized spacial score (nSPS) is 10.8. The van der Waals surface area contributed by atoms with Crippen molar-refractivity contribution in [1.29, 1.82) is 0 Å². The first-order valence-corrected chi connectivity index (χ1v) is 7.37. The molecular formula is C14H19N3OS. The van der Waals surface area contributed by atoms with E-state index in [4.69, 9.17) is 0 Å². The van der Waals surface area contributed by atoms with Gasteiger partial charge in [-0.15, -0.1) is 11.3 Å². The summed E-state index contributed by atoms with van der Waals surface area (Å²) in [5.41, 5.74) is 1.06. The lowest BCUT2D eigenvalue weighted by molar-refractivity contribution is -0.121. The van der Waals surface area contributed by atoms with Crippen LogP contribution in [0.4, 0.5) is 0 Å². The summed E-state index contributed by atoms with van der Waals surface area (Å²) in [6.45, 7) is 1.50. The number of likely N-dealkylation sites (N-methyl/N-ethyl adjacent to an activating group) is 1. The van der Waals surface area contributed by atoms with Gasteiger partial charge in [-0.1, -0.05) is 12.1 Å². The third-order valence-electron chi connectivity index (χ3n) is 2.83. The van der Waals surface area contributed by atoms with E-state index in [0.29, 0.717) is 13.0 Å².